The predicted octanol–water partition coefficient (Wildman–Crippen LogP) is 6.83. The van der Waals surface area contributed by atoms with E-state index in [0.29, 0.717) is 0 Å². The third-order valence-corrected chi connectivity index (χ3v) is 1.24. The van der Waals surface area contributed by atoms with E-state index in [4.69, 9.17) is 0 Å². The van der Waals surface area contributed by atoms with Gasteiger partial charge in [-0.15, -0.1) is 6.58 Å². The molecule has 0 aliphatic rings. The number of rotatable bonds is 4. The maximum Gasteiger partial charge on any atom is -0.0314 e. The highest BCUT2D eigenvalue weighted by molar-refractivity contribution is 5.09. The molecular weight excluding hydrogens is 228 g/mol. The fourth-order valence-electron chi connectivity index (χ4n) is 0.280. The lowest BCUT2D eigenvalue weighted by molar-refractivity contribution is 1.16. The summed E-state index contributed by atoms with van der Waals surface area (Å²) in [5.41, 5.74) is 2.27. The van der Waals surface area contributed by atoms with Crippen LogP contribution < -0.4 is 0 Å². The summed E-state index contributed by atoms with van der Waals surface area (Å²) >= 11 is 0. The zero-order valence-electron chi connectivity index (χ0n) is 13.4. The smallest absolute Gasteiger partial charge is 0.0314 e. The third kappa shape index (κ3) is 121. The van der Waals surface area contributed by atoms with Gasteiger partial charge >= 0.3 is 0 Å². The van der Waals surface area contributed by atoms with Crippen molar-refractivity contribution < 1.29 is 0 Å². The number of hydrogen-bond donors (Lipinski definition) is 0. The lowest BCUT2D eigenvalue weighted by atomic mass is 10.2. The first kappa shape index (κ1) is 25.9. The van der Waals surface area contributed by atoms with E-state index in [1.54, 1.807) is 24.3 Å². The van der Waals surface area contributed by atoms with Gasteiger partial charge in [0.05, 0.1) is 0 Å². The molecule has 0 aromatic carbocycles. The van der Waals surface area contributed by atoms with Crippen molar-refractivity contribution in [3.8, 4) is 0 Å². The number of hydrogen-bond acceptors (Lipinski definition) is 0. The van der Waals surface area contributed by atoms with Crippen LogP contribution in [0.1, 0.15) is 34.1 Å². The monoisotopic (exact) mass is 260 g/mol. The van der Waals surface area contributed by atoms with Crippen molar-refractivity contribution >= 4 is 0 Å². The Morgan fingerprint density at radius 3 is 1.26 bits per heavy atom. The third-order valence-electron chi connectivity index (χ3n) is 1.24. The Kier molecular flexibility index (Phi) is 40.6. The summed E-state index contributed by atoms with van der Waals surface area (Å²) in [4.78, 5) is 0. The first-order valence-electron chi connectivity index (χ1n) is 6.27. The van der Waals surface area contributed by atoms with Crippen LogP contribution in [0.2, 0.25) is 0 Å². The molecular formula is C19H32. The molecule has 0 unspecified atom stereocenters. The molecule has 0 N–H and O–H groups in total. The zero-order chi connectivity index (χ0) is 16.1. The molecule has 0 bridgehead atoms. The van der Waals surface area contributed by atoms with Crippen LogP contribution in [0.25, 0.3) is 0 Å². The van der Waals surface area contributed by atoms with Crippen molar-refractivity contribution in [2.24, 2.45) is 0 Å². The summed E-state index contributed by atoms with van der Waals surface area (Å²) in [7, 11) is 0. The van der Waals surface area contributed by atoms with E-state index in [1.165, 1.54) is 5.57 Å². The van der Waals surface area contributed by atoms with Gasteiger partial charge in [0.15, 0.2) is 0 Å². The average molecular weight is 260 g/mol. The van der Waals surface area contributed by atoms with Crippen LogP contribution in [0.4, 0.5) is 0 Å². The van der Waals surface area contributed by atoms with Gasteiger partial charge in [0.1, 0.15) is 0 Å². The molecule has 0 fully saturated rings. The summed E-state index contributed by atoms with van der Waals surface area (Å²) < 4.78 is 0. The molecule has 0 rings (SSSR count). The van der Waals surface area contributed by atoms with E-state index in [-0.39, 0.29) is 0 Å². The van der Waals surface area contributed by atoms with Gasteiger partial charge in [-0.25, -0.2) is 0 Å². The van der Waals surface area contributed by atoms with Gasteiger partial charge in [0, 0.05) is 0 Å². The van der Waals surface area contributed by atoms with E-state index >= 15 is 0 Å². The highest BCUT2D eigenvalue weighted by atomic mass is 13.8. The molecule has 0 atom stereocenters. The van der Waals surface area contributed by atoms with E-state index < -0.39 is 0 Å². The highest BCUT2D eigenvalue weighted by Gasteiger charge is 1.72. The molecule has 0 spiro atoms. The van der Waals surface area contributed by atoms with Crippen LogP contribution in [0, 0.1) is 0 Å². The molecule has 19 heavy (non-hydrogen) atoms. The molecule has 0 aromatic rings. The second-order valence-electron chi connectivity index (χ2n) is 3.66. The first-order valence-corrected chi connectivity index (χ1v) is 6.27. The van der Waals surface area contributed by atoms with E-state index in [0.717, 1.165) is 12.0 Å². The molecule has 0 aliphatic carbocycles. The molecule has 0 aromatic heterocycles. The number of allylic oxidation sites excluding steroid dienone is 8. The van der Waals surface area contributed by atoms with Crippen molar-refractivity contribution in [2.45, 2.75) is 34.1 Å². The van der Waals surface area contributed by atoms with E-state index in [2.05, 4.69) is 46.4 Å². The van der Waals surface area contributed by atoms with Crippen LogP contribution in [-0.2, 0) is 0 Å². The Labute approximate surface area is 121 Å². The van der Waals surface area contributed by atoms with Crippen molar-refractivity contribution in [3.05, 3.63) is 87.1 Å². The van der Waals surface area contributed by atoms with Gasteiger partial charge in [-0.1, -0.05) is 87.4 Å². The van der Waals surface area contributed by atoms with Crippen LogP contribution in [0.3, 0.4) is 0 Å². The Bertz CT molecular complexity index is 264. The Hall–Kier alpha value is -1.82. The minimum atomic E-state index is 1.02. The lowest BCUT2D eigenvalue weighted by Gasteiger charge is -1.83. The second kappa shape index (κ2) is 29.8. The fraction of sp³-hybridized carbons (Fsp3) is 0.263. The van der Waals surface area contributed by atoms with Gasteiger partial charge in [-0.2, -0.15) is 0 Å². The molecule has 108 valence electrons. The Morgan fingerprint density at radius 2 is 1.26 bits per heavy atom. The first-order chi connectivity index (χ1) is 8.87. The van der Waals surface area contributed by atoms with Gasteiger partial charge in [0.25, 0.3) is 0 Å². The van der Waals surface area contributed by atoms with Crippen molar-refractivity contribution in [1.29, 1.82) is 0 Å². The van der Waals surface area contributed by atoms with E-state index in [1.807, 2.05) is 32.9 Å². The SMILES string of the molecule is C=C(C)C.C=C/C=C/C.C=CC(=C)CC.C=CC=C. The summed E-state index contributed by atoms with van der Waals surface area (Å²) in [6.07, 6.45) is 11.6. The largest absolute Gasteiger partial charge is 0.100 e. The molecule has 0 amide bonds. The second-order valence-corrected chi connectivity index (χ2v) is 3.66. The van der Waals surface area contributed by atoms with Gasteiger partial charge in [0.2, 0.25) is 0 Å². The normalized spacial score (nSPS) is 7.16. The maximum absolute atomic E-state index is 3.67. The van der Waals surface area contributed by atoms with Crippen LogP contribution in [0.15, 0.2) is 87.1 Å². The van der Waals surface area contributed by atoms with Gasteiger partial charge < -0.3 is 0 Å². The topological polar surface area (TPSA) is 0 Å². The fourth-order valence-corrected chi connectivity index (χ4v) is 0.280. The molecule has 0 saturated carbocycles. The lowest BCUT2D eigenvalue weighted by Crippen LogP contribution is -1.62. The maximum atomic E-state index is 3.67. The highest BCUT2D eigenvalue weighted by Crippen LogP contribution is 1.93. The molecule has 0 aliphatic heterocycles. The minimum Gasteiger partial charge on any atom is -0.100 e. The molecule has 0 heterocycles. The van der Waals surface area contributed by atoms with Crippen LogP contribution >= 0.6 is 0 Å². The average Bonchev–Trinajstić information content (AvgIpc) is 2.39. The van der Waals surface area contributed by atoms with Crippen molar-refractivity contribution in [2.75, 3.05) is 0 Å². The Morgan fingerprint density at radius 1 is 0.895 bits per heavy atom. The predicted molar refractivity (Wildman–Crippen MR) is 95.5 cm³/mol. The molecule has 0 radical (unpaired) electrons. The molecule has 0 nitrogen and oxygen atoms in total. The molecule has 0 heteroatoms. The standard InChI is InChI=1S/C6H10.C5H8.C4H8.C4H6/c1-4-6(3)5-2;1-3-5-4-2;1-4(2)3;1-3-4-2/h4H,1,3,5H2,2H3;3-5H,1H2,2H3;1H2,2-3H3;3-4H,1-2H2/b;5-4+;;. The van der Waals surface area contributed by atoms with Crippen molar-refractivity contribution in [3.63, 3.8) is 0 Å². The Balaban J connectivity index is -0.0000000803. The summed E-state index contributed by atoms with van der Waals surface area (Å²) in [5, 5.41) is 0. The minimum absolute atomic E-state index is 1.02. The van der Waals surface area contributed by atoms with E-state index in [9.17, 15) is 0 Å². The van der Waals surface area contributed by atoms with Gasteiger partial charge in [-0.05, 0) is 27.2 Å². The summed E-state index contributed by atoms with van der Waals surface area (Å²) in [6, 6.07) is 0. The molecule has 0 saturated heterocycles. The quantitative estimate of drug-likeness (QED) is 0.384. The summed E-state index contributed by atoms with van der Waals surface area (Å²) in [6.45, 7) is 28.9. The van der Waals surface area contributed by atoms with Crippen LogP contribution in [-0.4, -0.2) is 0 Å². The van der Waals surface area contributed by atoms with Gasteiger partial charge in [-0.3, -0.25) is 0 Å². The zero-order valence-corrected chi connectivity index (χ0v) is 13.4. The van der Waals surface area contributed by atoms with Crippen LogP contribution in [0.5, 0.6) is 0 Å². The van der Waals surface area contributed by atoms with Crippen molar-refractivity contribution in [1.82, 2.24) is 0 Å². The summed E-state index contributed by atoms with van der Waals surface area (Å²) in [5.74, 6) is 0.